The highest BCUT2D eigenvalue weighted by molar-refractivity contribution is 5.90. The lowest BCUT2D eigenvalue weighted by molar-refractivity contribution is -0.119. The van der Waals surface area contributed by atoms with Gasteiger partial charge in [0.1, 0.15) is 11.9 Å². The maximum Gasteiger partial charge on any atom is 0.414 e. The predicted octanol–water partition coefficient (Wildman–Crippen LogP) is 2.69. The molecule has 8 nitrogen and oxygen atoms in total. The van der Waals surface area contributed by atoms with Crippen LogP contribution in [-0.2, 0) is 22.7 Å². The lowest BCUT2D eigenvalue weighted by Crippen LogP contribution is -2.33. The highest BCUT2D eigenvalue weighted by atomic mass is 19.1. The van der Waals surface area contributed by atoms with E-state index in [4.69, 9.17) is 9.84 Å². The van der Waals surface area contributed by atoms with Crippen molar-refractivity contribution in [3.8, 4) is 11.1 Å². The molecule has 2 amide bonds. The number of halogens is 1. The standard InChI is InChI=1S/C23H23FN4O4/c1-15(30)25-9-20-12-28(23(31)32-20)19-6-7-21(22(24)8-19)17-4-2-16(3-5-17)10-27-11-18(13-29)26-14-27/h2-8,11,14,20,29H,9-10,12-13H2,1H3,(H,25,30)/t20-/m0/s1. The first-order valence-electron chi connectivity index (χ1n) is 10.2. The number of hydrogen-bond acceptors (Lipinski definition) is 5. The number of carbonyl (C=O) groups is 2. The van der Waals surface area contributed by atoms with E-state index in [9.17, 15) is 14.0 Å². The van der Waals surface area contributed by atoms with Crippen LogP contribution in [-0.4, -0.2) is 45.9 Å². The fourth-order valence-electron chi connectivity index (χ4n) is 3.58. The van der Waals surface area contributed by atoms with E-state index in [1.54, 1.807) is 24.7 Å². The molecule has 0 saturated carbocycles. The molecule has 2 heterocycles. The number of hydrogen-bond donors (Lipinski definition) is 2. The van der Waals surface area contributed by atoms with Gasteiger partial charge in [-0.2, -0.15) is 0 Å². The molecule has 0 radical (unpaired) electrons. The van der Waals surface area contributed by atoms with Crippen molar-refractivity contribution in [3.63, 3.8) is 0 Å². The minimum atomic E-state index is -0.569. The van der Waals surface area contributed by atoms with Gasteiger partial charge in [-0.1, -0.05) is 24.3 Å². The molecule has 1 fully saturated rings. The molecule has 2 N–H and O–H groups in total. The number of aliphatic hydroxyl groups is 1. The Bertz CT molecular complexity index is 1130. The lowest BCUT2D eigenvalue weighted by atomic mass is 10.0. The van der Waals surface area contributed by atoms with Gasteiger partial charge in [0.15, 0.2) is 0 Å². The van der Waals surface area contributed by atoms with Gasteiger partial charge >= 0.3 is 6.09 Å². The Morgan fingerprint density at radius 1 is 1.28 bits per heavy atom. The molecule has 0 bridgehead atoms. The number of cyclic esters (lactones) is 1. The average Bonchev–Trinajstić information content (AvgIpc) is 3.39. The van der Waals surface area contributed by atoms with Gasteiger partial charge in [-0.05, 0) is 29.3 Å². The molecule has 1 aliphatic heterocycles. The predicted molar refractivity (Wildman–Crippen MR) is 115 cm³/mol. The van der Waals surface area contributed by atoms with E-state index in [2.05, 4.69) is 10.3 Å². The van der Waals surface area contributed by atoms with Gasteiger partial charge in [0.25, 0.3) is 0 Å². The molecule has 1 aromatic heterocycles. The molecule has 2 aromatic carbocycles. The van der Waals surface area contributed by atoms with Gasteiger partial charge in [-0.3, -0.25) is 9.69 Å². The molecule has 1 saturated heterocycles. The highest BCUT2D eigenvalue weighted by Gasteiger charge is 2.32. The summed E-state index contributed by atoms with van der Waals surface area (Å²) >= 11 is 0. The first kappa shape index (κ1) is 21.5. The molecule has 166 valence electrons. The van der Waals surface area contributed by atoms with E-state index in [1.807, 2.05) is 28.8 Å². The third-order valence-electron chi connectivity index (χ3n) is 5.20. The zero-order valence-corrected chi connectivity index (χ0v) is 17.5. The van der Waals surface area contributed by atoms with Crippen LogP contribution in [0.15, 0.2) is 55.0 Å². The Morgan fingerprint density at radius 2 is 2.06 bits per heavy atom. The molecular weight excluding hydrogens is 415 g/mol. The monoisotopic (exact) mass is 438 g/mol. The third kappa shape index (κ3) is 4.78. The first-order valence-corrected chi connectivity index (χ1v) is 10.2. The van der Waals surface area contributed by atoms with E-state index in [1.165, 1.54) is 17.9 Å². The number of anilines is 1. The Kier molecular flexibility index (Phi) is 6.18. The molecule has 0 spiro atoms. The van der Waals surface area contributed by atoms with Gasteiger partial charge in [0, 0.05) is 25.2 Å². The normalized spacial score (nSPS) is 15.7. The second kappa shape index (κ2) is 9.19. The van der Waals surface area contributed by atoms with Crippen LogP contribution in [0.1, 0.15) is 18.2 Å². The molecule has 1 aliphatic rings. The fourth-order valence-corrected chi connectivity index (χ4v) is 3.58. The van der Waals surface area contributed by atoms with E-state index in [-0.39, 0.29) is 25.6 Å². The van der Waals surface area contributed by atoms with Crippen molar-refractivity contribution in [2.75, 3.05) is 18.0 Å². The largest absolute Gasteiger partial charge is 0.442 e. The SMILES string of the molecule is CC(=O)NC[C@H]1CN(c2ccc(-c3ccc(Cn4cnc(CO)c4)cc3)c(F)c2)C(=O)O1. The zero-order valence-electron chi connectivity index (χ0n) is 17.5. The fraction of sp³-hybridized carbons (Fsp3) is 0.261. The van der Waals surface area contributed by atoms with Crippen LogP contribution >= 0.6 is 0 Å². The van der Waals surface area contributed by atoms with E-state index in [0.29, 0.717) is 29.1 Å². The Labute approximate surface area is 184 Å². The summed E-state index contributed by atoms with van der Waals surface area (Å²) in [5, 5.41) is 11.7. The van der Waals surface area contributed by atoms with Gasteiger partial charge in [-0.25, -0.2) is 14.2 Å². The smallest absolute Gasteiger partial charge is 0.414 e. The van der Waals surface area contributed by atoms with Crippen molar-refractivity contribution in [1.82, 2.24) is 14.9 Å². The van der Waals surface area contributed by atoms with Crippen molar-refractivity contribution in [1.29, 1.82) is 0 Å². The zero-order chi connectivity index (χ0) is 22.7. The van der Waals surface area contributed by atoms with Crippen LogP contribution in [0, 0.1) is 5.82 Å². The second-order valence-corrected chi connectivity index (χ2v) is 7.61. The molecule has 9 heteroatoms. The molecule has 3 aromatic rings. The van der Waals surface area contributed by atoms with Gasteiger partial charge < -0.3 is 19.7 Å². The van der Waals surface area contributed by atoms with E-state index >= 15 is 0 Å². The summed E-state index contributed by atoms with van der Waals surface area (Å²) < 4.78 is 22.0. The summed E-state index contributed by atoms with van der Waals surface area (Å²) in [6, 6.07) is 12.1. The first-order chi connectivity index (χ1) is 15.4. The number of imidazole rings is 1. The minimum Gasteiger partial charge on any atom is -0.442 e. The Balaban J connectivity index is 1.45. The topological polar surface area (TPSA) is 96.7 Å². The number of carbonyl (C=O) groups excluding carboxylic acids is 2. The summed E-state index contributed by atoms with van der Waals surface area (Å²) in [5.74, 6) is -0.656. The number of aromatic nitrogens is 2. The minimum absolute atomic E-state index is 0.105. The van der Waals surface area contributed by atoms with Crippen molar-refractivity contribution < 1.29 is 23.8 Å². The number of rotatable bonds is 7. The summed E-state index contributed by atoms with van der Waals surface area (Å²) in [4.78, 5) is 28.6. The Morgan fingerprint density at radius 3 is 2.72 bits per heavy atom. The maximum atomic E-state index is 14.9. The van der Waals surface area contributed by atoms with Crippen molar-refractivity contribution >= 4 is 17.7 Å². The van der Waals surface area contributed by atoms with Gasteiger partial charge in [-0.15, -0.1) is 0 Å². The summed E-state index contributed by atoms with van der Waals surface area (Å²) in [6.07, 6.45) is 2.38. The molecule has 0 aliphatic carbocycles. The van der Waals surface area contributed by atoms with Gasteiger partial charge in [0.2, 0.25) is 5.91 Å². The van der Waals surface area contributed by atoms with Crippen LogP contribution in [0.2, 0.25) is 0 Å². The number of nitrogens with one attached hydrogen (secondary N) is 1. The summed E-state index contributed by atoms with van der Waals surface area (Å²) in [7, 11) is 0. The number of aliphatic hydroxyl groups excluding tert-OH is 1. The summed E-state index contributed by atoms with van der Waals surface area (Å²) in [6.45, 7) is 2.32. The second-order valence-electron chi connectivity index (χ2n) is 7.61. The van der Waals surface area contributed by atoms with Crippen molar-refractivity contribution in [2.45, 2.75) is 26.2 Å². The number of amides is 2. The number of benzene rings is 2. The Hall–Kier alpha value is -3.72. The van der Waals surface area contributed by atoms with E-state index < -0.39 is 18.0 Å². The van der Waals surface area contributed by atoms with Crippen LogP contribution in [0.25, 0.3) is 11.1 Å². The van der Waals surface area contributed by atoms with Crippen LogP contribution in [0.5, 0.6) is 0 Å². The van der Waals surface area contributed by atoms with Crippen LogP contribution < -0.4 is 10.2 Å². The summed E-state index contributed by atoms with van der Waals surface area (Å²) in [5.41, 5.74) is 3.16. The molecule has 4 rings (SSSR count). The molecular formula is C23H23FN4O4. The molecule has 1 atom stereocenters. The number of ether oxygens (including phenoxy) is 1. The van der Waals surface area contributed by atoms with Crippen molar-refractivity contribution in [2.24, 2.45) is 0 Å². The molecule has 0 unspecified atom stereocenters. The number of nitrogens with zero attached hydrogens (tertiary/aromatic N) is 3. The quantitative estimate of drug-likeness (QED) is 0.591. The molecule has 32 heavy (non-hydrogen) atoms. The lowest BCUT2D eigenvalue weighted by Gasteiger charge is -2.15. The average molecular weight is 438 g/mol. The van der Waals surface area contributed by atoms with Crippen molar-refractivity contribution in [3.05, 3.63) is 72.1 Å². The van der Waals surface area contributed by atoms with Crippen LogP contribution in [0.3, 0.4) is 0 Å². The van der Waals surface area contributed by atoms with E-state index in [0.717, 1.165) is 5.56 Å². The van der Waals surface area contributed by atoms with Gasteiger partial charge in [0.05, 0.1) is 37.4 Å². The third-order valence-corrected chi connectivity index (χ3v) is 5.20. The van der Waals surface area contributed by atoms with Crippen LogP contribution in [0.4, 0.5) is 14.9 Å². The highest BCUT2D eigenvalue weighted by Crippen LogP contribution is 2.29. The maximum absolute atomic E-state index is 14.9.